The number of hydrogen-bond acceptors (Lipinski definition) is 1. The summed E-state index contributed by atoms with van der Waals surface area (Å²) in [5, 5.41) is 0. The van der Waals surface area contributed by atoms with Crippen LogP contribution in [0, 0.1) is 5.92 Å². The van der Waals surface area contributed by atoms with Crippen molar-refractivity contribution in [2.75, 3.05) is 0 Å². The van der Waals surface area contributed by atoms with Crippen LogP contribution in [0.1, 0.15) is 20.3 Å². The van der Waals surface area contributed by atoms with Crippen LogP contribution in [0.4, 0.5) is 0 Å². The Morgan fingerprint density at radius 2 is 2.30 bits per heavy atom. The molecule has 0 saturated carbocycles. The Labute approximate surface area is 62.4 Å². The molecule has 0 bridgehead atoms. The Balaban J connectivity index is 3.77. The van der Waals surface area contributed by atoms with E-state index in [-0.39, 0.29) is 5.92 Å². The zero-order valence-electron chi connectivity index (χ0n) is 6.63. The predicted octanol–water partition coefficient (Wildman–Crippen LogP) is 2.34. The zero-order chi connectivity index (χ0) is 7.98. The van der Waals surface area contributed by atoms with Crippen molar-refractivity contribution in [1.82, 2.24) is 0 Å². The molecule has 1 unspecified atom stereocenters. The van der Waals surface area contributed by atoms with Crippen LogP contribution < -0.4 is 0 Å². The molecular weight excluding hydrogens is 124 g/mol. The fourth-order valence-electron chi connectivity index (χ4n) is 0.825. The molecule has 0 rings (SSSR count). The number of hydrogen-bond donors (Lipinski definition) is 0. The first-order valence-electron chi connectivity index (χ1n) is 3.44. The molecule has 0 N–H and O–H groups in total. The van der Waals surface area contributed by atoms with Gasteiger partial charge in [0.15, 0.2) is 0 Å². The molecule has 0 radical (unpaired) electrons. The summed E-state index contributed by atoms with van der Waals surface area (Å²) in [7, 11) is 0. The first-order chi connectivity index (χ1) is 4.70. The highest BCUT2D eigenvalue weighted by Crippen LogP contribution is 2.07. The third-order valence-corrected chi connectivity index (χ3v) is 1.28. The van der Waals surface area contributed by atoms with Crippen LogP contribution in [-0.4, -0.2) is 6.29 Å². The third-order valence-electron chi connectivity index (χ3n) is 1.28. The molecule has 56 valence electrons. The maximum atomic E-state index is 10.2. The normalized spacial score (nSPS) is 14.4. The first kappa shape index (κ1) is 9.15. The fraction of sp³-hybridized carbons (Fsp3) is 0.444. The molecule has 0 aromatic rings. The van der Waals surface area contributed by atoms with Gasteiger partial charge in [-0.05, 0) is 13.3 Å². The minimum absolute atomic E-state index is 0.135. The number of allylic oxidation sites excluding steroid dienone is 3. The van der Waals surface area contributed by atoms with E-state index >= 15 is 0 Å². The topological polar surface area (TPSA) is 17.1 Å². The maximum absolute atomic E-state index is 10.2. The lowest BCUT2D eigenvalue weighted by atomic mass is 10.0. The van der Waals surface area contributed by atoms with Gasteiger partial charge >= 0.3 is 0 Å². The van der Waals surface area contributed by atoms with E-state index in [1.54, 1.807) is 6.08 Å². The molecule has 0 saturated heterocycles. The second-order valence-corrected chi connectivity index (χ2v) is 2.57. The van der Waals surface area contributed by atoms with Crippen LogP contribution in [-0.2, 0) is 4.79 Å². The zero-order valence-corrected chi connectivity index (χ0v) is 6.63. The van der Waals surface area contributed by atoms with E-state index in [2.05, 4.69) is 6.58 Å². The standard InChI is InChI=1S/C9H14O/c1-4-5-8(2)6-9(3)7-10/h4-5,7,9H,1,6H2,2-3H3/b8-5+. The molecule has 0 fully saturated rings. The van der Waals surface area contributed by atoms with E-state index in [4.69, 9.17) is 0 Å². The van der Waals surface area contributed by atoms with Gasteiger partial charge in [0.05, 0.1) is 0 Å². The fourth-order valence-corrected chi connectivity index (χ4v) is 0.825. The molecule has 0 aromatic heterocycles. The molecular formula is C9H14O. The molecule has 10 heavy (non-hydrogen) atoms. The van der Waals surface area contributed by atoms with Gasteiger partial charge in [-0.25, -0.2) is 0 Å². The highest BCUT2D eigenvalue weighted by molar-refractivity contribution is 5.53. The number of carbonyl (C=O) groups excluding carboxylic acids is 1. The molecule has 0 aliphatic heterocycles. The summed E-state index contributed by atoms with van der Waals surface area (Å²) in [5.41, 5.74) is 1.20. The van der Waals surface area contributed by atoms with E-state index in [1.165, 1.54) is 5.57 Å². The SMILES string of the molecule is C=C/C=C(\C)CC(C)C=O. The summed E-state index contributed by atoms with van der Waals surface area (Å²) in [5.74, 6) is 0.135. The monoisotopic (exact) mass is 138 g/mol. The highest BCUT2D eigenvalue weighted by Gasteiger charge is 1.98. The van der Waals surface area contributed by atoms with Crippen molar-refractivity contribution in [2.24, 2.45) is 5.92 Å². The van der Waals surface area contributed by atoms with Crippen LogP contribution in [0.25, 0.3) is 0 Å². The van der Waals surface area contributed by atoms with Gasteiger partial charge in [0.1, 0.15) is 6.29 Å². The molecule has 1 heteroatoms. The highest BCUT2D eigenvalue weighted by atomic mass is 16.1. The Morgan fingerprint density at radius 3 is 2.70 bits per heavy atom. The molecule has 0 amide bonds. The largest absolute Gasteiger partial charge is 0.303 e. The van der Waals surface area contributed by atoms with Crippen molar-refractivity contribution in [3.05, 3.63) is 24.3 Å². The molecule has 1 nitrogen and oxygen atoms in total. The Hall–Kier alpha value is -0.850. The minimum atomic E-state index is 0.135. The van der Waals surface area contributed by atoms with Crippen molar-refractivity contribution < 1.29 is 4.79 Å². The Bertz CT molecular complexity index is 145. The molecule has 0 aliphatic carbocycles. The van der Waals surface area contributed by atoms with Crippen molar-refractivity contribution in [3.63, 3.8) is 0 Å². The lowest BCUT2D eigenvalue weighted by Crippen LogP contribution is -1.95. The Morgan fingerprint density at radius 1 is 1.70 bits per heavy atom. The Kier molecular flexibility index (Phi) is 4.55. The van der Waals surface area contributed by atoms with Gasteiger partial charge in [0, 0.05) is 5.92 Å². The van der Waals surface area contributed by atoms with Crippen LogP contribution >= 0.6 is 0 Å². The van der Waals surface area contributed by atoms with E-state index in [0.29, 0.717) is 0 Å². The lowest BCUT2D eigenvalue weighted by molar-refractivity contribution is -0.110. The summed E-state index contributed by atoms with van der Waals surface area (Å²) in [6.07, 6.45) is 5.49. The minimum Gasteiger partial charge on any atom is -0.303 e. The van der Waals surface area contributed by atoms with Gasteiger partial charge in [-0.1, -0.05) is 31.2 Å². The van der Waals surface area contributed by atoms with Gasteiger partial charge in [0.25, 0.3) is 0 Å². The second-order valence-electron chi connectivity index (χ2n) is 2.57. The average Bonchev–Trinajstić information content (AvgIpc) is 1.88. The molecule has 1 atom stereocenters. The van der Waals surface area contributed by atoms with Gasteiger partial charge in [-0.2, -0.15) is 0 Å². The summed E-state index contributed by atoms with van der Waals surface area (Å²) in [6.45, 7) is 7.48. The second kappa shape index (κ2) is 4.98. The predicted molar refractivity (Wildman–Crippen MR) is 43.8 cm³/mol. The number of rotatable bonds is 4. The third kappa shape index (κ3) is 4.07. The lowest BCUT2D eigenvalue weighted by Gasteiger charge is -2.01. The van der Waals surface area contributed by atoms with Crippen molar-refractivity contribution in [2.45, 2.75) is 20.3 Å². The van der Waals surface area contributed by atoms with E-state index in [9.17, 15) is 4.79 Å². The van der Waals surface area contributed by atoms with Crippen molar-refractivity contribution in [1.29, 1.82) is 0 Å². The molecule has 0 aliphatic rings. The van der Waals surface area contributed by atoms with Gasteiger partial charge in [-0.15, -0.1) is 0 Å². The van der Waals surface area contributed by atoms with Crippen molar-refractivity contribution >= 4 is 6.29 Å². The summed E-state index contributed by atoms with van der Waals surface area (Å²) >= 11 is 0. The number of aldehydes is 1. The summed E-state index contributed by atoms with van der Waals surface area (Å²) < 4.78 is 0. The van der Waals surface area contributed by atoms with E-state index < -0.39 is 0 Å². The van der Waals surface area contributed by atoms with E-state index in [1.807, 2.05) is 19.9 Å². The molecule has 0 spiro atoms. The molecule has 0 heterocycles. The van der Waals surface area contributed by atoms with Gasteiger partial charge in [0.2, 0.25) is 0 Å². The van der Waals surface area contributed by atoms with Gasteiger partial charge < -0.3 is 4.79 Å². The maximum Gasteiger partial charge on any atom is 0.123 e. The summed E-state index contributed by atoms with van der Waals surface area (Å²) in [6, 6.07) is 0. The van der Waals surface area contributed by atoms with Crippen LogP contribution in [0.5, 0.6) is 0 Å². The summed E-state index contributed by atoms with van der Waals surface area (Å²) in [4.78, 5) is 10.2. The number of carbonyl (C=O) groups is 1. The van der Waals surface area contributed by atoms with Crippen molar-refractivity contribution in [3.8, 4) is 0 Å². The quantitative estimate of drug-likeness (QED) is 0.430. The van der Waals surface area contributed by atoms with E-state index in [0.717, 1.165) is 12.7 Å². The van der Waals surface area contributed by atoms with Crippen LogP contribution in [0.15, 0.2) is 24.3 Å². The van der Waals surface area contributed by atoms with Gasteiger partial charge in [-0.3, -0.25) is 0 Å². The molecule has 0 aromatic carbocycles. The van der Waals surface area contributed by atoms with Crippen LogP contribution in [0.2, 0.25) is 0 Å². The smallest absolute Gasteiger partial charge is 0.123 e. The average molecular weight is 138 g/mol. The first-order valence-corrected chi connectivity index (χ1v) is 3.44. The van der Waals surface area contributed by atoms with Crippen LogP contribution in [0.3, 0.4) is 0 Å².